The van der Waals surface area contributed by atoms with Crippen molar-refractivity contribution in [1.29, 1.82) is 0 Å². The van der Waals surface area contributed by atoms with Crippen molar-refractivity contribution in [3.8, 4) is 22.3 Å². The van der Waals surface area contributed by atoms with Crippen LogP contribution in [0.25, 0.3) is 22.3 Å². The lowest BCUT2D eigenvalue weighted by atomic mass is 9.52. The predicted octanol–water partition coefficient (Wildman–Crippen LogP) is 9.49. The van der Waals surface area contributed by atoms with Gasteiger partial charge in [-0.1, -0.05) is 143 Å². The molecule has 1 spiro atoms. The SMILES string of the molecule is Brc1ccc2c(c1)-c1ccccc1C21c2ccccc2C2(c3ccccc3)c3ccccc3-c3cccc1c32. The molecule has 182 valence electrons. The fourth-order valence-electron chi connectivity index (χ4n) is 8.22. The number of hydrogen-bond donors (Lipinski definition) is 0. The number of halogens is 1. The topological polar surface area (TPSA) is 0 Å². The fraction of sp³-hybridized carbons (Fsp3) is 0.0526. The molecule has 0 aliphatic heterocycles. The van der Waals surface area contributed by atoms with E-state index in [0.717, 1.165) is 4.47 Å². The molecule has 1 heteroatoms. The average Bonchev–Trinajstić information content (AvgIpc) is 3.46. The Labute approximate surface area is 236 Å². The van der Waals surface area contributed by atoms with Gasteiger partial charge in [-0.15, -0.1) is 0 Å². The molecule has 0 radical (unpaired) electrons. The number of hydrogen-bond acceptors (Lipinski definition) is 0. The van der Waals surface area contributed by atoms with Crippen LogP contribution in [0.1, 0.15) is 44.5 Å². The molecule has 0 heterocycles. The summed E-state index contributed by atoms with van der Waals surface area (Å²) in [5, 5.41) is 0. The maximum Gasteiger partial charge on any atom is 0.0720 e. The maximum atomic E-state index is 3.78. The van der Waals surface area contributed by atoms with Gasteiger partial charge in [0.25, 0.3) is 0 Å². The molecule has 0 aromatic heterocycles. The van der Waals surface area contributed by atoms with Crippen LogP contribution in [0.15, 0.2) is 144 Å². The summed E-state index contributed by atoms with van der Waals surface area (Å²) in [5.41, 5.74) is 15.6. The molecule has 9 rings (SSSR count). The summed E-state index contributed by atoms with van der Waals surface area (Å²) in [6.45, 7) is 0. The van der Waals surface area contributed by atoms with Gasteiger partial charge in [-0.25, -0.2) is 0 Å². The molecule has 0 N–H and O–H groups in total. The van der Waals surface area contributed by atoms with Gasteiger partial charge in [0, 0.05) is 4.47 Å². The fourth-order valence-corrected chi connectivity index (χ4v) is 8.58. The first-order valence-electron chi connectivity index (χ1n) is 13.6. The third-order valence-electron chi connectivity index (χ3n) is 9.41. The van der Waals surface area contributed by atoms with E-state index in [1.54, 1.807) is 0 Å². The quantitative estimate of drug-likeness (QED) is 0.188. The number of fused-ring (bicyclic) bond motifs is 12. The van der Waals surface area contributed by atoms with Gasteiger partial charge in [0.1, 0.15) is 0 Å². The van der Waals surface area contributed by atoms with E-state index >= 15 is 0 Å². The van der Waals surface area contributed by atoms with E-state index in [4.69, 9.17) is 0 Å². The monoisotopic (exact) mass is 558 g/mol. The van der Waals surface area contributed by atoms with Crippen LogP contribution in [-0.4, -0.2) is 0 Å². The van der Waals surface area contributed by atoms with E-state index in [-0.39, 0.29) is 5.41 Å². The average molecular weight is 560 g/mol. The van der Waals surface area contributed by atoms with E-state index in [2.05, 4.69) is 155 Å². The van der Waals surface area contributed by atoms with Gasteiger partial charge in [0.2, 0.25) is 0 Å². The van der Waals surface area contributed by atoms with Crippen LogP contribution in [0, 0.1) is 0 Å². The first-order chi connectivity index (χ1) is 19.3. The minimum absolute atomic E-state index is 0.376. The van der Waals surface area contributed by atoms with Crippen molar-refractivity contribution in [3.05, 3.63) is 189 Å². The van der Waals surface area contributed by atoms with Gasteiger partial charge < -0.3 is 0 Å². The largest absolute Gasteiger partial charge is 0.0720 e. The molecule has 6 aromatic rings. The molecule has 0 saturated carbocycles. The Bertz CT molecular complexity index is 1980. The Morgan fingerprint density at radius 2 is 0.872 bits per heavy atom. The smallest absolute Gasteiger partial charge is 0.0622 e. The van der Waals surface area contributed by atoms with E-state index < -0.39 is 5.41 Å². The molecule has 3 aliphatic rings. The lowest BCUT2D eigenvalue weighted by Gasteiger charge is -2.48. The van der Waals surface area contributed by atoms with Crippen molar-refractivity contribution < 1.29 is 0 Å². The number of benzene rings is 6. The highest BCUT2D eigenvalue weighted by Gasteiger charge is 2.59. The van der Waals surface area contributed by atoms with Crippen LogP contribution >= 0.6 is 15.9 Å². The molecule has 0 amide bonds. The first kappa shape index (κ1) is 21.7. The zero-order valence-electron chi connectivity index (χ0n) is 21.2. The molecule has 2 atom stereocenters. The van der Waals surface area contributed by atoms with Gasteiger partial charge in [0.05, 0.1) is 10.8 Å². The van der Waals surface area contributed by atoms with E-state index in [1.165, 1.54) is 66.8 Å². The Kier molecular flexibility index (Phi) is 4.15. The highest BCUT2D eigenvalue weighted by molar-refractivity contribution is 9.10. The lowest BCUT2D eigenvalue weighted by molar-refractivity contribution is 0.636. The van der Waals surface area contributed by atoms with E-state index in [0.29, 0.717) is 0 Å². The standard InChI is InChI=1S/C38H23Br/c39-25-21-22-32-29(23-25)27-14-5-7-17-31(27)38(32)34-19-9-8-18-33(34)37(24-11-2-1-3-12-24)30-16-6-4-13-26(30)28-15-10-20-35(38)36(28)37/h1-23H. The highest BCUT2D eigenvalue weighted by Crippen LogP contribution is 2.68. The normalized spacial score (nSPS) is 20.6. The summed E-state index contributed by atoms with van der Waals surface area (Å²) in [5.74, 6) is 0. The number of rotatable bonds is 1. The minimum Gasteiger partial charge on any atom is -0.0622 e. The molecule has 2 unspecified atom stereocenters. The molecule has 0 nitrogen and oxygen atoms in total. The van der Waals surface area contributed by atoms with E-state index in [9.17, 15) is 0 Å². The van der Waals surface area contributed by atoms with Crippen LogP contribution in [0.2, 0.25) is 0 Å². The Hall–Kier alpha value is -4.20. The second kappa shape index (κ2) is 7.46. The summed E-state index contributed by atoms with van der Waals surface area (Å²) in [6.07, 6.45) is 0. The van der Waals surface area contributed by atoms with Crippen LogP contribution < -0.4 is 0 Å². The van der Waals surface area contributed by atoms with Crippen molar-refractivity contribution in [2.75, 3.05) is 0 Å². The summed E-state index contributed by atoms with van der Waals surface area (Å²) in [4.78, 5) is 0. The molecule has 39 heavy (non-hydrogen) atoms. The second-order valence-corrected chi connectivity index (χ2v) is 11.8. The summed E-state index contributed by atoms with van der Waals surface area (Å²) < 4.78 is 1.11. The molecular formula is C38H23Br. The van der Waals surface area contributed by atoms with Gasteiger partial charge in [-0.05, 0) is 78.9 Å². The van der Waals surface area contributed by atoms with E-state index in [1.807, 2.05) is 0 Å². The minimum atomic E-state index is -0.394. The zero-order chi connectivity index (χ0) is 25.8. The second-order valence-electron chi connectivity index (χ2n) is 10.9. The summed E-state index contributed by atoms with van der Waals surface area (Å²) in [7, 11) is 0. The lowest BCUT2D eigenvalue weighted by Crippen LogP contribution is -2.43. The molecule has 3 aliphatic carbocycles. The summed E-state index contributed by atoms with van der Waals surface area (Å²) >= 11 is 3.78. The van der Waals surface area contributed by atoms with Crippen molar-refractivity contribution >= 4 is 15.9 Å². The highest BCUT2D eigenvalue weighted by atomic mass is 79.9. The summed E-state index contributed by atoms with van der Waals surface area (Å²) in [6, 6.07) is 52.4. The Morgan fingerprint density at radius 1 is 0.359 bits per heavy atom. The third kappa shape index (κ3) is 2.38. The maximum absolute atomic E-state index is 3.78. The van der Waals surface area contributed by atoms with Crippen molar-refractivity contribution in [3.63, 3.8) is 0 Å². The van der Waals surface area contributed by atoms with Gasteiger partial charge >= 0.3 is 0 Å². The van der Waals surface area contributed by atoms with Crippen molar-refractivity contribution in [1.82, 2.24) is 0 Å². The predicted molar refractivity (Wildman–Crippen MR) is 162 cm³/mol. The van der Waals surface area contributed by atoms with Gasteiger partial charge in [-0.2, -0.15) is 0 Å². The van der Waals surface area contributed by atoms with Crippen molar-refractivity contribution in [2.45, 2.75) is 10.8 Å². The van der Waals surface area contributed by atoms with Gasteiger partial charge in [-0.3, -0.25) is 0 Å². The van der Waals surface area contributed by atoms with Crippen LogP contribution in [-0.2, 0) is 10.8 Å². The third-order valence-corrected chi connectivity index (χ3v) is 9.91. The van der Waals surface area contributed by atoms with Crippen molar-refractivity contribution in [2.24, 2.45) is 0 Å². The van der Waals surface area contributed by atoms with Crippen LogP contribution in [0.5, 0.6) is 0 Å². The molecule has 0 bridgehead atoms. The Morgan fingerprint density at radius 3 is 1.62 bits per heavy atom. The zero-order valence-corrected chi connectivity index (χ0v) is 22.7. The van der Waals surface area contributed by atoms with Crippen LogP contribution in [0.4, 0.5) is 0 Å². The first-order valence-corrected chi connectivity index (χ1v) is 14.4. The van der Waals surface area contributed by atoms with Crippen LogP contribution in [0.3, 0.4) is 0 Å². The molecular weight excluding hydrogens is 536 g/mol. The molecule has 0 fully saturated rings. The molecule has 0 saturated heterocycles. The molecule has 6 aromatic carbocycles. The Balaban J connectivity index is 1.56. The van der Waals surface area contributed by atoms with Gasteiger partial charge in [0.15, 0.2) is 0 Å².